The molecule has 2 rings (SSSR count). The minimum atomic E-state index is 0.104. The molecular formula is C14H21N3OS. The molecule has 0 saturated heterocycles. The second kappa shape index (κ2) is 6.82. The summed E-state index contributed by atoms with van der Waals surface area (Å²) >= 11 is 5.41. The summed E-state index contributed by atoms with van der Waals surface area (Å²) in [6, 6.07) is 3.81. The van der Waals surface area contributed by atoms with Gasteiger partial charge in [0.15, 0.2) is 5.11 Å². The average molecular weight is 279 g/mol. The first-order valence-corrected chi connectivity index (χ1v) is 7.13. The molecule has 1 aliphatic rings. The van der Waals surface area contributed by atoms with Gasteiger partial charge in [-0.3, -0.25) is 4.98 Å². The van der Waals surface area contributed by atoms with E-state index < -0.39 is 0 Å². The number of anilines is 1. The molecule has 0 bridgehead atoms. The van der Waals surface area contributed by atoms with Gasteiger partial charge in [0.1, 0.15) is 0 Å². The van der Waals surface area contributed by atoms with E-state index in [1.807, 2.05) is 12.1 Å². The van der Waals surface area contributed by atoms with Gasteiger partial charge in [0.25, 0.3) is 0 Å². The predicted octanol–water partition coefficient (Wildman–Crippen LogP) is 2.72. The maximum absolute atomic E-state index is 5.41. The number of hydrogen-bond donors (Lipinski definition) is 2. The molecule has 1 aromatic heterocycles. The van der Waals surface area contributed by atoms with E-state index in [2.05, 4.69) is 15.6 Å². The molecule has 19 heavy (non-hydrogen) atoms. The molecule has 1 fully saturated rings. The van der Waals surface area contributed by atoms with Crippen molar-refractivity contribution in [2.45, 2.75) is 37.6 Å². The van der Waals surface area contributed by atoms with Crippen molar-refractivity contribution in [3.63, 3.8) is 0 Å². The van der Waals surface area contributed by atoms with Crippen LogP contribution in [0.3, 0.4) is 0 Å². The normalized spacial score (nSPS) is 17.1. The van der Waals surface area contributed by atoms with Crippen LogP contribution in [-0.2, 0) is 4.74 Å². The van der Waals surface area contributed by atoms with Gasteiger partial charge < -0.3 is 15.4 Å². The number of nitrogens with zero attached hydrogens (tertiary/aromatic N) is 1. The molecule has 1 saturated carbocycles. The molecule has 1 aromatic rings. The topological polar surface area (TPSA) is 46.2 Å². The lowest BCUT2D eigenvalue weighted by Gasteiger charge is -2.31. The fourth-order valence-electron chi connectivity index (χ4n) is 2.63. The highest BCUT2D eigenvalue weighted by molar-refractivity contribution is 7.80. The van der Waals surface area contributed by atoms with Gasteiger partial charge in [-0.05, 0) is 43.6 Å². The molecular weight excluding hydrogens is 258 g/mol. The van der Waals surface area contributed by atoms with E-state index in [9.17, 15) is 0 Å². The van der Waals surface area contributed by atoms with Crippen molar-refractivity contribution in [1.82, 2.24) is 10.3 Å². The molecule has 0 aliphatic heterocycles. The zero-order chi connectivity index (χ0) is 13.6. The number of hydrogen-bond acceptors (Lipinski definition) is 3. The third kappa shape index (κ3) is 4.14. The van der Waals surface area contributed by atoms with Crippen molar-refractivity contribution in [3.05, 3.63) is 24.5 Å². The Morgan fingerprint density at radius 1 is 1.37 bits per heavy atom. The smallest absolute Gasteiger partial charge is 0.171 e. The number of rotatable bonds is 5. The summed E-state index contributed by atoms with van der Waals surface area (Å²) in [7, 11) is 1.75. The van der Waals surface area contributed by atoms with E-state index in [4.69, 9.17) is 17.0 Å². The number of aromatic nitrogens is 1. The Morgan fingerprint density at radius 3 is 2.68 bits per heavy atom. The first kappa shape index (κ1) is 14.2. The van der Waals surface area contributed by atoms with Gasteiger partial charge in [0, 0.05) is 37.3 Å². The van der Waals surface area contributed by atoms with Crippen molar-refractivity contribution in [3.8, 4) is 0 Å². The van der Waals surface area contributed by atoms with Crippen LogP contribution in [-0.4, -0.2) is 29.4 Å². The number of ether oxygens (including phenoxy) is 1. The van der Waals surface area contributed by atoms with Gasteiger partial charge in [0.05, 0.1) is 0 Å². The van der Waals surface area contributed by atoms with Crippen LogP contribution in [0.25, 0.3) is 0 Å². The van der Waals surface area contributed by atoms with Gasteiger partial charge in [-0.1, -0.05) is 12.8 Å². The van der Waals surface area contributed by atoms with Crippen LogP contribution in [0.4, 0.5) is 5.69 Å². The van der Waals surface area contributed by atoms with E-state index >= 15 is 0 Å². The minimum absolute atomic E-state index is 0.104. The van der Waals surface area contributed by atoms with E-state index in [-0.39, 0.29) is 5.54 Å². The Labute approximate surface area is 120 Å². The van der Waals surface area contributed by atoms with Crippen LogP contribution in [0.2, 0.25) is 0 Å². The quantitative estimate of drug-likeness (QED) is 0.812. The van der Waals surface area contributed by atoms with Crippen molar-refractivity contribution in [2.24, 2.45) is 0 Å². The molecule has 0 amide bonds. The zero-order valence-corrected chi connectivity index (χ0v) is 12.1. The third-order valence-corrected chi connectivity index (χ3v) is 3.87. The van der Waals surface area contributed by atoms with Gasteiger partial charge in [-0.15, -0.1) is 0 Å². The molecule has 2 N–H and O–H groups in total. The Morgan fingerprint density at radius 2 is 2.05 bits per heavy atom. The van der Waals surface area contributed by atoms with Crippen LogP contribution in [0.5, 0.6) is 0 Å². The maximum Gasteiger partial charge on any atom is 0.171 e. The largest absolute Gasteiger partial charge is 0.385 e. The summed E-state index contributed by atoms with van der Waals surface area (Å²) in [5.41, 5.74) is 1.07. The number of nitrogens with one attached hydrogen (secondary N) is 2. The Hall–Kier alpha value is -1.20. The molecule has 0 aromatic carbocycles. The molecule has 0 unspecified atom stereocenters. The molecule has 4 nitrogen and oxygen atoms in total. The Bertz CT molecular complexity index is 404. The number of thiocarbonyl (C=S) groups is 1. The van der Waals surface area contributed by atoms with E-state index in [0.717, 1.165) is 31.6 Å². The minimum Gasteiger partial charge on any atom is -0.385 e. The third-order valence-electron chi connectivity index (χ3n) is 3.66. The zero-order valence-electron chi connectivity index (χ0n) is 11.3. The van der Waals surface area contributed by atoms with Gasteiger partial charge in [-0.25, -0.2) is 0 Å². The maximum atomic E-state index is 5.41. The molecule has 1 heterocycles. The van der Waals surface area contributed by atoms with Gasteiger partial charge in [0.2, 0.25) is 0 Å². The standard InChI is InChI=1S/C14H21N3OS/c1-18-11-8-14(6-2-3-7-14)17-13(19)16-12-4-9-15-10-5-12/h4-5,9-10H,2-3,6-8,11H2,1H3,(H2,15,16,17,19). The Kier molecular flexibility index (Phi) is 5.10. The van der Waals surface area contributed by atoms with Crippen molar-refractivity contribution in [1.29, 1.82) is 0 Å². The summed E-state index contributed by atoms with van der Waals surface area (Å²) in [6.45, 7) is 0.769. The number of pyridine rings is 1. The lowest BCUT2D eigenvalue weighted by Crippen LogP contribution is -2.48. The molecule has 104 valence electrons. The van der Waals surface area contributed by atoms with Crippen molar-refractivity contribution in [2.75, 3.05) is 19.0 Å². The molecule has 0 atom stereocenters. The molecule has 5 heteroatoms. The van der Waals surface area contributed by atoms with E-state index in [0.29, 0.717) is 5.11 Å². The number of methoxy groups -OCH3 is 1. The summed E-state index contributed by atoms with van der Waals surface area (Å²) in [4.78, 5) is 3.99. The lowest BCUT2D eigenvalue weighted by atomic mass is 9.94. The highest BCUT2D eigenvalue weighted by atomic mass is 32.1. The second-order valence-electron chi connectivity index (χ2n) is 5.05. The Balaban J connectivity index is 1.92. The molecule has 0 spiro atoms. The van der Waals surface area contributed by atoms with Crippen LogP contribution < -0.4 is 10.6 Å². The summed E-state index contributed by atoms with van der Waals surface area (Å²) < 4.78 is 5.22. The monoisotopic (exact) mass is 279 g/mol. The van der Waals surface area contributed by atoms with Crippen LogP contribution in [0.15, 0.2) is 24.5 Å². The highest BCUT2D eigenvalue weighted by Gasteiger charge is 2.33. The first-order valence-electron chi connectivity index (χ1n) is 6.72. The van der Waals surface area contributed by atoms with Crippen LogP contribution in [0, 0.1) is 0 Å². The predicted molar refractivity (Wildman–Crippen MR) is 81.3 cm³/mol. The van der Waals surface area contributed by atoms with E-state index in [1.54, 1.807) is 19.5 Å². The molecule has 0 radical (unpaired) electrons. The lowest BCUT2D eigenvalue weighted by molar-refractivity contribution is 0.163. The fraction of sp³-hybridized carbons (Fsp3) is 0.571. The van der Waals surface area contributed by atoms with Crippen molar-refractivity contribution < 1.29 is 4.74 Å². The summed E-state index contributed by atoms with van der Waals surface area (Å²) in [5.74, 6) is 0. The summed E-state index contributed by atoms with van der Waals surface area (Å²) in [6.07, 6.45) is 9.34. The fourth-order valence-corrected chi connectivity index (χ4v) is 2.96. The SMILES string of the molecule is COCCC1(NC(=S)Nc2ccncc2)CCCC1. The van der Waals surface area contributed by atoms with Gasteiger partial charge in [-0.2, -0.15) is 0 Å². The first-order chi connectivity index (χ1) is 9.24. The highest BCUT2D eigenvalue weighted by Crippen LogP contribution is 2.32. The molecule has 1 aliphatic carbocycles. The second-order valence-corrected chi connectivity index (χ2v) is 5.45. The van der Waals surface area contributed by atoms with Crippen molar-refractivity contribution >= 4 is 23.0 Å². The average Bonchev–Trinajstić information content (AvgIpc) is 2.86. The summed E-state index contributed by atoms with van der Waals surface area (Å²) in [5, 5.41) is 7.39. The van der Waals surface area contributed by atoms with E-state index in [1.165, 1.54) is 12.8 Å². The van der Waals surface area contributed by atoms with Crippen LogP contribution in [0.1, 0.15) is 32.1 Å². The van der Waals surface area contributed by atoms with Crippen LogP contribution >= 0.6 is 12.2 Å². The van der Waals surface area contributed by atoms with Gasteiger partial charge >= 0.3 is 0 Å².